The summed E-state index contributed by atoms with van der Waals surface area (Å²) in [5, 5.41) is 12.9. The summed E-state index contributed by atoms with van der Waals surface area (Å²) in [7, 11) is 0. The van der Waals surface area contributed by atoms with Crippen molar-refractivity contribution in [2.24, 2.45) is 5.92 Å². The summed E-state index contributed by atoms with van der Waals surface area (Å²) >= 11 is 1.37. The predicted molar refractivity (Wildman–Crippen MR) is 71.8 cm³/mol. The van der Waals surface area contributed by atoms with Gasteiger partial charge in [-0.25, -0.2) is 0 Å². The van der Waals surface area contributed by atoms with Crippen molar-refractivity contribution in [1.29, 1.82) is 0 Å². The Morgan fingerprint density at radius 3 is 3.16 bits per heavy atom. The average molecular weight is 281 g/mol. The highest BCUT2D eigenvalue weighted by Crippen LogP contribution is 2.33. The van der Waals surface area contributed by atoms with Gasteiger partial charge in [0.15, 0.2) is 0 Å². The summed E-state index contributed by atoms with van der Waals surface area (Å²) in [5.41, 5.74) is 0. The molecular weight excluding hydrogens is 266 g/mol. The number of hydrogen-bond donors (Lipinski definition) is 0. The molecule has 2 unspecified atom stereocenters. The number of rotatable bonds is 3. The molecule has 7 heteroatoms. The summed E-state index contributed by atoms with van der Waals surface area (Å²) in [4.78, 5) is 15.6. The molecule has 1 aliphatic rings. The van der Waals surface area contributed by atoms with E-state index >= 15 is 0 Å². The molecule has 1 aliphatic carbocycles. The van der Waals surface area contributed by atoms with E-state index in [1.54, 1.807) is 11.6 Å². The van der Waals surface area contributed by atoms with Crippen molar-refractivity contribution in [3.63, 3.8) is 0 Å². The van der Waals surface area contributed by atoms with Gasteiger partial charge in [0.1, 0.15) is 12.3 Å². The number of ether oxygens (including phenoxy) is 1. The van der Waals surface area contributed by atoms with E-state index < -0.39 is 4.92 Å². The molecule has 19 heavy (non-hydrogen) atoms. The van der Waals surface area contributed by atoms with E-state index in [2.05, 4.69) is 11.9 Å². The van der Waals surface area contributed by atoms with Crippen LogP contribution in [0.2, 0.25) is 0 Å². The van der Waals surface area contributed by atoms with Crippen LogP contribution >= 0.6 is 11.3 Å². The number of hydrogen-bond acceptors (Lipinski definition) is 5. The number of aromatic nitrogens is 2. The van der Waals surface area contributed by atoms with Gasteiger partial charge in [0.05, 0.1) is 0 Å². The number of nitro groups is 1. The van der Waals surface area contributed by atoms with E-state index in [-0.39, 0.29) is 17.8 Å². The molecular formula is C12H15N3O3S. The van der Waals surface area contributed by atoms with Crippen molar-refractivity contribution in [3.8, 4) is 5.88 Å². The fourth-order valence-corrected chi connectivity index (χ4v) is 3.34. The van der Waals surface area contributed by atoms with E-state index in [1.807, 2.05) is 0 Å². The molecule has 1 fully saturated rings. The molecule has 2 aromatic rings. The lowest BCUT2D eigenvalue weighted by molar-refractivity contribution is -0.391. The highest BCUT2D eigenvalue weighted by molar-refractivity contribution is 7.15. The molecule has 3 rings (SSSR count). The maximum absolute atomic E-state index is 11.2. The first-order valence-electron chi connectivity index (χ1n) is 6.41. The van der Waals surface area contributed by atoms with Crippen LogP contribution < -0.4 is 4.74 Å². The molecule has 0 aromatic carbocycles. The number of imidazole rings is 1. The molecule has 0 radical (unpaired) electrons. The third kappa shape index (κ3) is 2.30. The first-order chi connectivity index (χ1) is 9.15. The standard InChI is InChI=1S/C12H15N3O3S/c1-8-3-2-4-9(7-8)18-10-11(15(16)17)14-5-6-19-12(14)13-10/h5-6,8-9H,2-4,7H2,1H3. The maximum Gasteiger partial charge on any atom is 0.393 e. The van der Waals surface area contributed by atoms with Crippen LogP contribution in [0, 0.1) is 16.0 Å². The highest BCUT2D eigenvalue weighted by Gasteiger charge is 2.29. The Balaban J connectivity index is 1.89. The smallest absolute Gasteiger partial charge is 0.393 e. The number of nitrogens with zero attached hydrogens (tertiary/aromatic N) is 3. The van der Waals surface area contributed by atoms with Gasteiger partial charge in [-0.1, -0.05) is 24.7 Å². The van der Waals surface area contributed by atoms with Gasteiger partial charge in [0.25, 0.3) is 4.96 Å². The van der Waals surface area contributed by atoms with Crippen molar-refractivity contribution in [1.82, 2.24) is 9.38 Å². The van der Waals surface area contributed by atoms with Gasteiger partial charge >= 0.3 is 11.7 Å². The Bertz CT molecular complexity index is 606. The van der Waals surface area contributed by atoms with Gasteiger partial charge in [-0.05, 0) is 30.1 Å². The highest BCUT2D eigenvalue weighted by atomic mass is 32.1. The second-order valence-electron chi connectivity index (χ2n) is 5.06. The van der Waals surface area contributed by atoms with Crippen LogP contribution in [-0.2, 0) is 0 Å². The normalized spacial score (nSPS) is 23.6. The van der Waals surface area contributed by atoms with E-state index in [0.717, 1.165) is 19.3 Å². The van der Waals surface area contributed by atoms with Crippen molar-refractivity contribution in [2.75, 3.05) is 0 Å². The van der Waals surface area contributed by atoms with Crippen molar-refractivity contribution in [3.05, 3.63) is 21.7 Å². The lowest BCUT2D eigenvalue weighted by atomic mass is 9.89. The lowest BCUT2D eigenvalue weighted by Crippen LogP contribution is -2.24. The fourth-order valence-electron chi connectivity index (χ4n) is 2.64. The van der Waals surface area contributed by atoms with Gasteiger partial charge in [-0.15, -0.1) is 0 Å². The van der Waals surface area contributed by atoms with Crippen LogP contribution in [0.15, 0.2) is 11.6 Å². The average Bonchev–Trinajstić information content (AvgIpc) is 2.88. The zero-order valence-electron chi connectivity index (χ0n) is 10.6. The Morgan fingerprint density at radius 1 is 1.58 bits per heavy atom. The molecule has 6 nitrogen and oxygen atoms in total. The second-order valence-corrected chi connectivity index (χ2v) is 5.94. The minimum absolute atomic E-state index is 0.0482. The lowest BCUT2D eigenvalue weighted by Gasteiger charge is -2.26. The zero-order chi connectivity index (χ0) is 13.4. The molecule has 1 saturated carbocycles. The molecule has 2 heterocycles. The van der Waals surface area contributed by atoms with Gasteiger partial charge < -0.3 is 14.9 Å². The monoisotopic (exact) mass is 281 g/mol. The third-order valence-corrected chi connectivity index (χ3v) is 4.30. The summed E-state index contributed by atoms with van der Waals surface area (Å²) in [6.45, 7) is 2.19. The minimum Gasteiger partial charge on any atom is -0.468 e. The molecule has 0 amide bonds. The van der Waals surface area contributed by atoms with Gasteiger partial charge in [-0.3, -0.25) is 0 Å². The van der Waals surface area contributed by atoms with Crippen LogP contribution in [0.3, 0.4) is 0 Å². The molecule has 0 saturated heterocycles. The molecule has 0 N–H and O–H groups in total. The van der Waals surface area contributed by atoms with Crippen LogP contribution in [0.5, 0.6) is 5.88 Å². The zero-order valence-corrected chi connectivity index (χ0v) is 11.4. The van der Waals surface area contributed by atoms with Crippen molar-refractivity contribution < 1.29 is 9.66 Å². The first kappa shape index (κ1) is 12.4. The Kier molecular flexibility index (Phi) is 3.14. The number of thiazole rings is 1. The maximum atomic E-state index is 11.2. The third-order valence-electron chi connectivity index (χ3n) is 3.55. The van der Waals surface area contributed by atoms with E-state index in [1.165, 1.54) is 22.2 Å². The van der Waals surface area contributed by atoms with Crippen LogP contribution in [0.1, 0.15) is 32.6 Å². The summed E-state index contributed by atoms with van der Waals surface area (Å²) in [6.07, 6.45) is 5.92. The van der Waals surface area contributed by atoms with Crippen LogP contribution in [0.25, 0.3) is 4.96 Å². The van der Waals surface area contributed by atoms with Gasteiger partial charge in [0.2, 0.25) is 0 Å². The summed E-state index contributed by atoms with van der Waals surface area (Å²) in [6, 6.07) is 0. The van der Waals surface area contributed by atoms with Crippen LogP contribution in [0.4, 0.5) is 5.82 Å². The topological polar surface area (TPSA) is 69.7 Å². The van der Waals surface area contributed by atoms with Crippen LogP contribution in [-0.4, -0.2) is 20.4 Å². The largest absolute Gasteiger partial charge is 0.468 e. The van der Waals surface area contributed by atoms with E-state index in [4.69, 9.17) is 4.74 Å². The fraction of sp³-hybridized carbons (Fsp3) is 0.583. The minimum atomic E-state index is -0.422. The molecule has 2 atom stereocenters. The first-order valence-corrected chi connectivity index (χ1v) is 7.29. The van der Waals surface area contributed by atoms with Crippen molar-refractivity contribution >= 4 is 22.1 Å². The molecule has 2 aromatic heterocycles. The second kappa shape index (κ2) is 4.80. The Labute approximate surface area is 114 Å². The Hall–Kier alpha value is -1.63. The van der Waals surface area contributed by atoms with E-state index in [9.17, 15) is 10.1 Å². The Morgan fingerprint density at radius 2 is 2.42 bits per heavy atom. The van der Waals surface area contributed by atoms with Gasteiger partial charge in [-0.2, -0.15) is 9.38 Å². The van der Waals surface area contributed by atoms with Gasteiger partial charge in [0, 0.05) is 5.38 Å². The molecule has 0 spiro atoms. The predicted octanol–water partition coefficient (Wildman–Crippen LogP) is 3.26. The quantitative estimate of drug-likeness (QED) is 0.639. The molecule has 0 bridgehead atoms. The molecule has 0 aliphatic heterocycles. The SMILES string of the molecule is CC1CCCC(Oc2nc3sccn3c2[N+](=O)[O-])C1. The van der Waals surface area contributed by atoms with Crippen molar-refractivity contribution in [2.45, 2.75) is 38.7 Å². The summed E-state index contributed by atoms with van der Waals surface area (Å²) < 4.78 is 7.27. The molecule has 102 valence electrons. The summed E-state index contributed by atoms with van der Waals surface area (Å²) in [5.74, 6) is 0.715. The number of fused-ring (bicyclic) bond motifs is 1. The van der Waals surface area contributed by atoms with E-state index in [0.29, 0.717) is 10.9 Å².